The average Bonchev–Trinajstić information content (AvgIpc) is 3.49. The van der Waals surface area contributed by atoms with Gasteiger partial charge in [-0.05, 0) is 94.3 Å². The van der Waals surface area contributed by atoms with E-state index in [2.05, 4.69) is 158 Å². The number of hydrogen-bond donors (Lipinski definition) is 0. The Morgan fingerprint density at radius 3 is 1.60 bits per heavy atom. The van der Waals surface area contributed by atoms with E-state index in [-0.39, 0.29) is 0 Å². The first-order valence-corrected chi connectivity index (χ1v) is 15.5. The van der Waals surface area contributed by atoms with Gasteiger partial charge in [-0.25, -0.2) is 0 Å². The Kier molecular flexibility index (Phi) is 5.06. The van der Waals surface area contributed by atoms with Gasteiger partial charge in [0, 0.05) is 10.8 Å². The SMILES string of the molecule is c1ccc2c(c1)ccc1c(-c3c4ccccc4c(-c4ccc5c(c4)oc4ccc6ccccc6c45)c4ccccc34)cccc12. The molecule has 0 aliphatic heterocycles. The van der Waals surface area contributed by atoms with Gasteiger partial charge < -0.3 is 4.42 Å². The Hall–Kier alpha value is -5.92. The molecule has 45 heavy (non-hydrogen) atoms. The first-order valence-electron chi connectivity index (χ1n) is 15.5. The Bertz CT molecular complexity index is 2760. The average molecular weight is 571 g/mol. The smallest absolute Gasteiger partial charge is 0.136 e. The van der Waals surface area contributed by atoms with Gasteiger partial charge in [0.15, 0.2) is 0 Å². The summed E-state index contributed by atoms with van der Waals surface area (Å²) in [5.74, 6) is 0. The minimum atomic E-state index is 0.914. The first kappa shape index (κ1) is 24.5. The standard InChI is InChI=1S/C44H26O/c1-3-12-30-27(10-1)20-23-33-32(30)18-9-19-34(33)43-37-16-7-5-14-35(37)42(36-15-6-8-17-38(36)43)29-21-24-39-41(26-29)45-40-25-22-28-11-2-4-13-31(28)44(39)40/h1-26H. The second kappa shape index (κ2) is 9.29. The van der Waals surface area contributed by atoms with Crippen LogP contribution in [-0.2, 0) is 0 Å². The molecule has 10 rings (SSSR count). The van der Waals surface area contributed by atoms with Gasteiger partial charge >= 0.3 is 0 Å². The molecule has 0 unspecified atom stereocenters. The highest BCUT2D eigenvalue weighted by Crippen LogP contribution is 2.46. The van der Waals surface area contributed by atoms with Crippen molar-refractivity contribution in [3.63, 3.8) is 0 Å². The van der Waals surface area contributed by atoms with Crippen molar-refractivity contribution in [2.45, 2.75) is 0 Å². The number of hydrogen-bond acceptors (Lipinski definition) is 1. The Labute approximate surface area is 259 Å². The third-order valence-electron chi connectivity index (χ3n) is 9.64. The summed E-state index contributed by atoms with van der Waals surface area (Å²) in [6.07, 6.45) is 0. The van der Waals surface area contributed by atoms with E-state index in [1.165, 1.54) is 75.9 Å². The van der Waals surface area contributed by atoms with E-state index >= 15 is 0 Å². The molecule has 0 spiro atoms. The van der Waals surface area contributed by atoms with Crippen molar-refractivity contribution in [3.8, 4) is 22.3 Å². The zero-order chi connectivity index (χ0) is 29.5. The molecule has 1 heterocycles. The van der Waals surface area contributed by atoms with Gasteiger partial charge in [-0.2, -0.15) is 0 Å². The summed E-state index contributed by atoms with van der Waals surface area (Å²) in [4.78, 5) is 0. The van der Waals surface area contributed by atoms with Crippen molar-refractivity contribution < 1.29 is 4.42 Å². The normalized spacial score (nSPS) is 12.0. The fourth-order valence-corrected chi connectivity index (χ4v) is 7.69. The lowest BCUT2D eigenvalue weighted by atomic mass is 9.84. The highest BCUT2D eigenvalue weighted by molar-refractivity contribution is 6.25. The summed E-state index contributed by atoms with van der Waals surface area (Å²) in [6.45, 7) is 0. The van der Waals surface area contributed by atoms with Crippen LogP contribution in [0.3, 0.4) is 0 Å². The fourth-order valence-electron chi connectivity index (χ4n) is 7.69. The van der Waals surface area contributed by atoms with Crippen LogP contribution in [0.15, 0.2) is 162 Å². The van der Waals surface area contributed by atoms with E-state index in [1.54, 1.807) is 0 Å². The summed E-state index contributed by atoms with van der Waals surface area (Å²) in [6, 6.07) is 57.3. The van der Waals surface area contributed by atoms with Crippen molar-refractivity contribution in [2.75, 3.05) is 0 Å². The van der Waals surface area contributed by atoms with Crippen molar-refractivity contribution in [3.05, 3.63) is 158 Å². The minimum absolute atomic E-state index is 0.914. The molecule has 10 aromatic rings. The third-order valence-corrected chi connectivity index (χ3v) is 9.64. The molecule has 0 bridgehead atoms. The zero-order valence-corrected chi connectivity index (χ0v) is 24.4. The molecule has 1 aromatic heterocycles. The number of rotatable bonds is 2. The predicted octanol–water partition coefficient (Wildman–Crippen LogP) is 12.7. The maximum atomic E-state index is 6.52. The number of benzene rings is 9. The van der Waals surface area contributed by atoms with E-state index < -0.39 is 0 Å². The summed E-state index contributed by atoms with van der Waals surface area (Å²) >= 11 is 0. The first-order chi connectivity index (χ1) is 22.3. The lowest BCUT2D eigenvalue weighted by molar-refractivity contribution is 0.669. The van der Waals surface area contributed by atoms with E-state index in [9.17, 15) is 0 Å². The fraction of sp³-hybridized carbons (Fsp3) is 0. The number of furan rings is 1. The van der Waals surface area contributed by atoms with E-state index in [0.717, 1.165) is 22.1 Å². The van der Waals surface area contributed by atoms with Crippen LogP contribution in [0.4, 0.5) is 0 Å². The lowest BCUT2D eigenvalue weighted by Gasteiger charge is -2.19. The molecule has 0 aliphatic carbocycles. The lowest BCUT2D eigenvalue weighted by Crippen LogP contribution is -1.91. The Balaban J connectivity index is 1.29. The second-order valence-corrected chi connectivity index (χ2v) is 12.0. The van der Waals surface area contributed by atoms with Crippen LogP contribution in [0.5, 0.6) is 0 Å². The summed E-state index contributed by atoms with van der Waals surface area (Å²) in [5, 5.41) is 14.9. The van der Waals surface area contributed by atoms with Crippen molar-refractivity contribution in [1.82, 2.24) is 0 Å². The summed E-state index contributed by atoms with van der Waals surface area (Å²) in [7, 11) is 0. The van der Waals surface area contributed by atoms with Gasteiger partial charge in [-0.1, -0.05) is 140 Å². The van der Waals surface area contributed by atoms with Crippen molar-refractivity contribution in [2.24, 2.45) is 0 Å². The molecule has 9 aromatic carbocycles. The van der Waals surface area contributed by atoms with Crippen LogP contribution in [0.2, 0.25) is 0 Å². The van der Waals surface area contributed by atoms with Crippen molar-refractivity contribution >= 4 is 75.8 Å². The van der Waals surface area contributed by atoms with Crippen LogP contribution < -0.4 is 0 Å². The Morgan fingerprint density at radius 1 is 0.311 bits per heavy atom. The van der Waals surface area contributed by atoms with Gasteiger partial charge in [0.1, 0.15) is 11.2 Å². The number of fused-ring (bicyclic) bond motifs is 10. The zero-order valence-electron chi connectivity index (χ0n) is 24.4. The summed E-state index contributed by atoms with van der Waals surface area (Å²) in [5.41, 5.74) is 6.78. The van der Waals surface area contributed by atoms with Crippen LogP contribution in [0.25, 0.3) is 98.1 Å². The molecule has 0 aliphatic rings. The van der Waals surface area contributed by atoms with Crippen molar-refractivity contribution in [1.29, 1.82) is 0 Å². The molecule has 1 nitrogen and oxygen atoms in total. The highest BCUT2D eigenvalue weighted by Gasteiger charge is 2.19. The third kappa shape index (κ3) is 3.50. The predicted molar refractivity (Wildman–Crippen MR) is 192 cm³/mol. The molecule has 0 radical (unpaired) electrons. The van der Waals surface area contributed by atoms with Crippen LogP contribution in [0.1, 0.15) is 0 Å². The van der Waals surface area contributed by atoms with Gasteiger partial charge in [-0.15, -0.1) is 0 Å². The molecule has 0 saturated heterocycles. The van der Waals surface area contributed by atoms with Gasteiger partial charge in [-0.3, -0.25) is 0 Å². The molecular weight excluding hydrogens is 544 g/mol. The quantitative estimate of drug-likeness (QED) is 0.149. The molecule has 208 valence electrons. The molecular formula is C44H26O. The Morgan fingerprint density at radius 2 is 0.867 bits per heavy atom. The largest absolute Gasteiger partial charge is 0.456 e. The maximum absolute atomic E-state index is 6.52. The van der Waals surface area contributed by atoms with Crippen LogP contribution in [0, 0.1) is 0 Å². The minimum Gasteiger partial charge on any atom is -0.456 e. The van der Waals surface area contributed by atoms with Gasteiger partial charge in [0.25, 0.3) is 0 Å². The monoisotopic (exact) mass is 570 g/mol. The second-order valence-electron chi connectivity index (χ2n) is 12.0. The van der Waals surface area contributed by atoms with Crippen LogP contribution >= 0.6 is 0 Å². The molecule has 0 saturated carbocycles. The molecule has 0 amide bonds. The van der Waals surface area contributed by atoms with Gasteiger partial charge in [0.2, 0.25) is 0 Å². The highest BCUT2D eigenvalue weighted by atomic mass is 16.3. The van der Waals surface area contributed by atoms with Gasteiger partial charge in [0.05, 0.1) is 0 Å². The summed E-state index contributed by atoms with van der Waals surface area (Å²) < 4.78 is 6.52. The molecule has 0 fully saturated rings. The van der Waals surface area contributed by atoms with E-state index in [4.69, 9.17) is 4.42 Å². The molecule has 1 heteroatoms. The molecule has 0 atom stereocenters. The van der Waals surface area contributed by atoms with E-state index in [1.807, 2.05) is 0 Å². The van der Waals surface area contributed by atoms with E-state index in [0.29, 0.717) is 0 Å². The maximum Gasteiger partial charge on any atom is 0.136 e. The van der Waals surface area contributed by atoms with Crippen LogP contribution in [-0.4, -0.2) is 0 Å². The molecule has 0 N–H and O–H groups in total. The topological polar surface area (TPSA) is 13.1 Å².